The van der Waals surface area contributed by atoms with Gasteiger partial charge in [0.25, 0.3) is 10.0 Å². The first kappa shape index (κ1) is 23.5. The number of nitrogens with one attached hydrogen (secondary N) is 1. The smallest absolute Gasteiger partial charge is 0.263 e. The number of carbonyl (C=O) groups is 1. The third kappa shape index (κ3) is 5.35. The topological polar surface area (TPSA) is 107 Å². The van der Waals surface area contributed by atoms with E-state index in [1.54, 1.807) is 30.3 Å². The van der Waals surface area contributed by atoms with Crippen molar-refractivity contribution in [3.63, 3.8) is 0 Å². The standard InChI is InChI=1S/C22H22ClN3O5S/c1-3-4-7-15-8-5-6-9-20(15)32(28,29)26-22-21(18(13-27)24-14-25-22)31-19-12-16(30-2)10-11-17(19)23/h5-6,8-14H,3-4,7H2,1-2H3,(H,24,25,26). The highest BCUT2D eigenvalue weighted by atomic mass is 35.5. The minimum Gasteiger partial charge on any atom is -0.497 e. The molecule has 3 rings (SSSR count). The largest absolute Gasteiger partial charge is 0.497 e. The number of aryl methyl sites for hydroxylation is 1. The minimum atomic E-state index is -4.03. The van der Waals surface area contributed by atoms with Crippen LogP contribution in [0.4, 0.5) is 5.82 Å². The minimum absolute atomic E-state index is 0.130. The average molecular weight is 476 g/mol. The normalized spacial score (nSPS) is 11.1. The number of rotatable bonds is 10. The van der Waals surface area contributed by atoms with Gasteiger partial charge in [-0.15, -0.1) is 0 Å². The van der Waals surface area contributed by atoms with E-state index in [1.807, 2.05) is 6.92 Å². The Morgan fingerprint density at radius 1 is 1.16 bits per heavy atom. The van der Waals surface area contributed by atoms with Crippen molar-refractivity contribution in [1.82, 2.24) is 9.97 Å². The molecule has 0 aliphatic rings. The van der Waals surface area contributed by atoms with Gasteiger partial charge in [-0.2, -0.15) is 0 Å². The lowest BCUT2D eigenvalue weighted by molar-refractivity contribution is 0.111. The van der Waals surface area contributed by atoms with Crippen molar-refractivity contribution in [2.75, 3.05) is 11.8 Å². The first-order valence-corrected chi connectivity index (χ1v) is 11.7. The van der Waals surface area contributed by atoms with Crippen LogP contribution in [0.5, 0.6) is 17.2 Å². The molecule has 0 atom stereocenters. The van der Waals surface area contributed by atoms with Crippen LogP contribution < -0.4 is 14.2 Å². The number of aromatic nitrogens is 2. The van der Waals surface area contributed by atoms with Crippen LogP contribution in [-0.2, 0) is 16.4 Å². The highest BCUT2D eigenvalue weighted by molar-refractivity contribution is 7.92. The molecule has 8 nitrogen and oxygen atoms in total. The number of carbonyl (C=O) groups excluding carboxylic acids is 1. The van der Waals surface area contributed by atoms with Crippen LogP contribution >= 0.6 is 11.6 Å². The van der Waals surface area contributed by atoms with Crippen molar-refractivity contribution in [3.05, 3.63) is 65.1 Å². The van der Waals surface area contributed by atoms with Crippen molar-refractivity contribution >= 4 is 33.7 Å². The number of unbranched alkanes of at least 4 members (excludes halogenated alkanes) is 1. The highest BCUT2D eigenvalue weighted by Crippen LogP contribution is 2.37. The number of benzene rings is 2. The van der Waals surface area contributed by atoms with E-state index in [-0.39, 0.29) is 32.9 Å². The number of methoxy groups -OCH3 is 1. The molecule has 1 heterocycles. The predicted octanol–water partition coefficient (Wildman–Crippen LogP) is 4.89. The second kappa shape index (κ2) is 10.4. The van der Waals surface area contributed by atoms with Crippen LogP contribution in [-0.4, -0.2) is 31.8 Å². The molecule has 0 spiro atoms. The van der Waals surface area contributed by atoms with Crippen LogP contribution in [0, 0.1) is 0 Å². The quantitative estimate of drug-likeness (QED) is 0.416. The molecular weight excluding hydrogens is 454 g/mol. The van der Waals surface area contributed by atoms with Gasteiger partial charge in [0.15, 0.2) is 23.5 Å². The summed E-state index contributed by atoms with van der Waals surface area (Å²) in [6.45, 7) is 2.03. The van der Waals surface area contributed by atoms with Gasteiger partial charge in [-0.05, 0) is 36.6 Å². The van der Waals surface area contributed by atoms with Crippen LogP contribution in [0.15, 0.2) is 53.7 Å². The van der Waals surface area contributed by atoms with Gasteiger partial charge in [0, 0.05) is 6.07 Å². The summed E-state index contributed by atoms with van der Waals surface area (Å²) < 4.78 is 39.8. The van der Waals surface area contributed by atoms with Gasteiger partial charge in [-0.3, -0.25) is 9.52 Å². The van der Waals surface area contributed by atoms with Gasteiger partial charge in [0.2, 0.25) is 0 Å². The zero-order chi connectivity index (χ0) is 23.1. The van der Waals surface area contributed by atoms with E-state index >= 15 is 0 Å². The number of aldehydes is 1. The highest BCUT2D eigenvalue weighted by Gasteiger charge is 2.23. The number of hydrogen-bond acceptors (Lipinski definition) is 7. The fourth-order valence-electron chi connectivity index (χ4n) is 2.97. The number of sulfonamides is 1. The lowest BCUT2D eigenvalue weighted by Gasteiger charge is -2.16. The molecule has 0 unspecified atom stereocenters. The SMILES string of the molecule is CCCCc1ccccc1S(=O)(=O)Nc1ncnc(C=O)c1Oc1cc(OC)ccc1Cl. The van der Waals surface area contributed by atoms with Gasteiger partial charge in [-0.1, -0.05) is 43.1 Å². The van der Waals surface area contributed by atoms with E-state index in [4.69, 9.17) is 21.1 Å². The Labute approximate surface area is 191 Å². The second-order valence-corrected chi connectivity index (χ2v) is 8.83. The average Bonchev–Trinajstić information content (AvgIpc) is 2.80. The number of hydrogen-bond donors (Lipinski definition) is 1. The molecule has 0 bridgehead atoms. The zero-order valence-electron chi connectivity index (χ0n) is 17.5. The predicted molar refractivity (Wildman–Crippen MR) is 121 cm³/mol. The molecule has 1 aromatic heterocycles. The second-order valence-electron chi connectivity index (χ2n) is 6.77. The maximum atomic E-state index is 13.2. The molecule has 10 heteroatoms. The molecule has 0 aliphatic carbocycles. The summed E-state index contributed by atoms with van der Waals surface area (Å²) in [7, 11) is -2.55. The van der Waals surface area contributed by atoms with Crippen LogP contribution in [0.2, 0.25) is 5.02 Å². The van der Waals surface area contributed by atoms with E-state index in [0.717, 1.165) is 19.2 Å². The molecule has 0 amide bonds. The van der Waals surface area contributed by atoms with E-state index in [9.17, 15) is 13.2 Å². The van der Waals surface area contributed by atoms with Crippen molar-refractivity contribution in [2.45, 2.75) is 31.1 Å². The van der Waals surface area contributed by atoms with E-state index in [0.29, 0.717) is 24.0 Å². The Bertz CT molecular complexity index is 1220. The maximum absolute atomic E-state index is 13.2. The summed E-state index contributed by atoms with van der Waals surface area (Å²) in [5, 5.41) is 0.227. The lowest BCUT2D eigenvalue weighted by atomic mass is 10.1. The van der Waals surface area contributed by atoms with E-state index in [1.165, 1.54) is 19.2 Å². The van der Waals surface area contributed by atoms with Crippen molar-refractivity contribution in [2.24, 2.45) is 0 Å². The third-order valence-electron chi connectivity index (χ3n) is 4.59. The third-order valence-corrected chi connectivity index (χ3v) is 6.34. The lowest BCUT2D eigenvalue weighted by Crippen LogP contribution is -2.17. The molecular formula is C22H22ClN3O5S. The molecule has 0 fully saturated rings. The van der Waals surface area contributed by atoms with Gasteiger partial charge in [0.1, 0.15) is 17.8 Å². The molecule has 168 valence electrons. The van der Waals surface area contributed by atoms with Crippen molar-refractivity contribution in [1.29, 1.82) is 0 Å². The maximum Gasteiger partial charge on any atom is 0.263 e. The van der Waals surface area contributed by atoms with Crippen LogP contribution in [0.3, 0.4) is 0 Å². The van der Waals surface area contributed by atoms with Gasteiger partial charge in [0.05, 0.1) is 17.0 Å². The molecule has 0 saturated carbocycles. The Balaban J connectivity index is 2.02. The molecule has 0 aliphatic heterocycles. The van der Waals surface area contributed by atoms with Gasteiger partial charge >= 0.3 is 0 Å². The Morgan fingerprint density at radius 2 is 1.94 bits per heavy atom. The summed E-state index contributed by atoms with van der Waals surface area (Å²) in [6, 6.07) is 11.4. The molecule has 0 radical (unpaired) electrons. The molecule has 3 aromatic rings. The Kier molecular flexibility index (Phi) is 7.66. The number of halogens is 1. The van der Waals surface area contributed by atoms with E-state index < -0.39 is 10.0 Å². The van der Waals surface area contributed by atoms with E-state index in [2.05, 4.69) is 14.7 Å². The first-order chi connectivity index (χ1) is 15.4. The summed E-state index contributed by atoms with van der Waals surface area (Å²) in [5.41, 5.74) is 0.542. The summed E-state index contributed by atoms with van der Waals surface area (Å²) in [5.74, 6) is 0.243. The molecule has 2 aromatic carbocycles. The molecule has 32 heavy (non-hydrogen) atoms. The fraction of sp³-hybridized carbons (Fsp3) is 0.227. The number of nitrogens with zero attached hydrogens (tertiary/aromatic N) is 2. The van der Waals surface area contributed by atoms with Crippen LogP contribution in [0.1, 0.15) is 35.8 Å². The monoisotopic (exact) mass is 475 g/mol. The summed E-state index contributed by atoms with van der Waals surface area (Å²) >= 11 is 6.20. The van der Waals surface area contributed by atoms with Crippen LogP contribution in [0.25, 0.3) is 0 Å². The molecule has 1 N–H and O–H groups in total. The van der Waals surface area contributed by atoms with Gasteiger partial charge < -0.3 is 9.47 Å². The summed E-state index contributed by atoms with van der Waals surface area (Å²) in [4.78, 5) is 19.6. The Hall–Kier alpha value is -3.17. The molecule has 0 saturated heterocycles. The van der Waals surface area contributed by atoms with Crippen molar-refractivity contribution in [3.8, 4) is 17.2 Å². The Morgan fingerprint density at radius 3 is 2.66 bits per heavy atom. The van der Waals surface area contributed by atoms with Crippen molar-refractivity contribution < 1.29 is 22.7 Å². The number of ether oxygens (including phenoxy) is 2. The number of anilines is 1. The van der Waals surface area contributed by atoms with Gasteiger partial charge in [-0.25, -0.2) is 18.4 Å². The first-order valence-electron chi connectivity index (χ1n) is 9.82. The fourth-order valence-corrected chi connectivity index (χ4v) is 4.40. The zero-order valence-corrected chi connectivity index (χ0v) is 19.1. The summed E-state index contributed by atoms with van der Waals surface area (Å²) in [6.07, 6.45) is 3.90.